The van der Waals surface area contributed by atoms with Crippen LogP contribution in [0.1, 0.15) is 81.4 Å². The predicted octanol–water partition coefficient (Wildman–Crippen LogP) is 4.50. The number of esters is 1. The third kappa shape index (κ3) is 9.29. The zero-order chi connectivity index (χ0) is 41.0. The normalized spacial score (nSPS) is 22.3. The highest BCUT2D eigenvalue weighted by atomic mass is 31.2. The van der Waals surface area contributed by atoms with Crippen LogP contribution in [0.5, 0.6) is 0 Å². The summed E-state index contributed by atoms with van der Waals surface area (Å²) in [6, 6.07) is 3.72. The molecule has 0 spiro atoms. The van der Waals surface area contributed by atoms with Gasteiger partial charge in [0.05, 0.1) is 41.9 Å². The van der Waals surface area contributed by atoms with Crippen molar-refractivity contribution in [1.29, 1.82) is 5.26 Å². The Morgan fingerprint density at radius 2 is 1.70 bits per heavy atom. The molecular formula is C34H51N6O13P. The predicted molar refractivity (Wildman–Crippen MR) is 189 cm³/mol. The minimum Gasteiger partial charge on any atom is -0.481 e. The standard InChI is InChI=1S/C34H51N6O13P/c1-11-31(5,6)16-48-27(41)20(4)39-54(47,51-18-49-30(46)52-19(2)3)50-14-22-24(32(7,8)28(42)43)25(33(9,10)29(44)45)34(15-35,53-22)23-13-12-21-26(36)37-17-38-40(21)23/h12-13,17,19-20,22,24-25H,11,14,16,18H2,1-10H3,(H,39,47)(H,42,43)(H,44,45)(H2,36,37,38)/t20-,22-,24+,25+,34-,54?/m0/s1. The van der Waals surface area contributed by atoms with Crippen LogP contribution in [-0.2, 0) is 52.5 Å². The van der Waals surface area contributed by atoms with Crippen molar-refractivity contribution in [2.75, 3.05) is 25.7 Å². The Kier molecular flexibility index (Phi) is 13.5. The first-order valence-corrected chi connectivity index (χ1v) is 18.7. The molecule has 19 nitrogen and oxygen atoms in total. The SMILES string of the molecule is CCC(C)(C)COC(=O)[C@H](C)NP(=O)(OCOC(=O)OC(C)C)OC[C@@H]1O[C@@](C#N)(c2ccc3c(N)ncnn23)[C@@H](C(C)(C)C(=O)O)[C@@H]1C(C)(C)C(=O)O. The number of nitrogens with two attached hydrogens (primary N) is 1. The van der Waals surface area contributed by atoms with Gasteiger partial charge in [-0.3, -0.25) is 23.4 Å². The fourth-order valence-electron chi connectivity index (χ4n) is 6.15. The number of ether oxygens (including phenoxy) is 4. The molecule has 1 aliphatic heterocycles. The van der Waals surface area contributed by atoms with Crippen LogP contribution in [0.25, 0.3) is 5.52 Å². The molecule has 1 fully saturated rings. The molecule has 1 aliphatic rings. The minimum atomic E-state index is -4.73. The van der Waals surface area contributed by atoms with Gasteiger partial charge in [-0.1, -0.05) is 20.8 Å². The average Bonchev–Trinajstić information content (AvgIpc) is 3.67. The van der Waals surface area contributed by atoms with E-state index in [-0.39, 0.29) is 29.1 Å². The second kappa shape index (κ2) is 16.6. The van der Waals surface area contributed by atoms with E-state index in [9.17, 15) is 39.2 Å². The van der Waals surface area contributed by atoms with Crippen molar-refractivity contribution in [3.05, 3.63) is 24.2 Å². The van der Waals surface area contributed by atoms with Gasteiger partial charge < -0.3 is 34.9 Å². The first kappa shape index (κ1) is 44.1. The molecule has 5 N–H and O–H groups in total. The van der Waals surface area contributed by atoms with Crippen molar-refractivity contribution in [2.24, 2.45) is 28.1 Å². The maximum atomic E-state index is 14.3. The molecule has 0 radical (unpaired) electrons. The number of carboxylic acid groups (broad SMARTS) is 2. The number of anilines is 1. The number of nitrogens with one attached hydrogen (secondary N) is 1. The number of carbonyl (C=O) groups excluding carboxylic acids is 2. The highest BCUT2D eigenvalue weighted by Gasteiger charge is 2.68. The molecule has 0 amide bonds. The number of carboxylic acids is 2. The van der Waals surface area contributed by atoms with Crippen molar-refractivity contribution in [3.63, 3.8) is 0 Å². The number of nitrogen functional groups attached to an aromatic ring is 1. The van der Waals surface area contributed by atoms with Crippen LogP contribution in [0, 0.1) is 39.4 Å². The first-order chi connectivity index (χ1) is 24.9. The summed E-state index contributed by atoms with van der Waals surface area (Å²) in [5.41, 5.74) is 0.0546. The number of nitriles is 1. The van der Waals surface area contributed by atoms with E-state index in [0.717, 1.165) is 6.33 Å². The summed E-state index contributed by atoms with van der Waals surface area (Å²) in [7, 11) is -4.73. The van der Waals surface area contributed by atoms with Crippen LogP contribution < -0.4 is 10.8 Å². The van der Waals surface area contributed by atoms with Crippen molar-refractivity contribution in [3.8, 4) is 6.07 Å². The lowest BCUT2D eigenvalue weighted by Gasteiger charge is -2.42. The molecule has 54 heavy (non-hydrogen) atoms. The van der Waals surface area contributed by atoms with E-state index < -0.39 is 91.7 Å². The zero-order valence-electron chi connectivity index (χ0n) is 32.1. The van der Waals surface area contributed by atoms with Crippen LogP contribution in [0.2, 0.25) is 0 Å². The van der Waals surface area contributed by atoms with Gasteiger partial charge in [-0.05, 0) is 72.4 Å². The Hall–Kier alpha value is -4.34. The van der Waals surface area contributed by atoms with E-state index in [2.05, 4.69) is 21.2 Å². The fourth-order valence-corrected chi connectivity index (χ4v) is 7.49. The van der Waals surface area contributed by atoms with Gasteiger partial charge in [0, 0.05) is 11.8 Å². The van der Waals surface area contributed by atoms with E-state index >= 15 is 0 Å². The lowest BCUT2D eigenvalue weighted by atomic mass is 9.57. The van der Waals surface area contributed by atoms with E-state index in [0.29, 0.717) is 6.42 Å². The van der Waals surface area contributed by atoms with Crippen LogP contribution in [0.3, 0.4) is 0 Å². The molecular weight excluding hydrogens is 731 g/mol. The van der Waals surface area contributed by atoms with Gasteiger partial charge >= 0.3 is 31.8 Å². The Bertz CT molecular complexity index is 1810. The summed E-state index contributed by atoms with van der Waals surface area (Å²) in [6.45, 7) is 13.8. The number of carbonyl (C=O) groups is 4. The van der Waals surface area contributed by atoms with Crippen molar-refractivity contribution in [1.82, 2.24) is 19.7 Å². The molecule has 300 valence electrons. The number of fused-ring (bicyclic) bond motifs is 1. The third-order valence-corrected chi connectivity index (χ3v) is 11.3. The summed E-state index contributed by atoms with van der Waals surface area (Å²) in [6.07, 6.45) is -1.39. The largest absolute Gasteiger partial charge is 0.510 e. The highest BCUT2D eigenvalue weighted by molar-refractivity contribution is 7.51. The van der Waals surface area contributed by atoms with Crippen molar-refractivity contribution < 1.29 is 62.0 Å². The molecule has 0 saturated carbocycles. The first-order valence-electron chi connectivity index (χ1n) is 17.2. The van der Waals surface area contributed by atoms with Gasteiger partial charge in [-0.2, -0.15) is 10.4 Å². The molecule has 6 atom stereocenters. The molecule has 2 aromatic rings. The molecule has 3 heterocycles. The average molecular weight is 783 g/mol. The molecule has 0 aliphatic carbocycles. The highest BCUT2D eigenvalue weighted by Crippen LogP contribution is 2.60. The van der Waals surface area contributed by atoms with Gasteiger partial charge in [0.25, 0.3) is 0 Å². The van der Waals surface area contributed by atoms with E-state index in [1.54, 1.807) is 13.8 Å². The summed E-state index contributed by atoms with van der Waals surface area (Å²) < 4.78 is 48.4. The quantitative estimate of drug-likeness (QED) is 0.0920. The summed E-state index contributed by atoms with van der Waals surface area (Å²) in [5, 5.41) is 38.7. The maximum absolute atomic E-state index is 14.3. The Morgan fingerprint density at radius 3 is 2.26 bits per heavy atom. The number of aliphatic carboxylic acids is 2. The van der Waals surface area contributed by atoms with Gasteiger partial charge in [0.1, 0.15) is 24.0 Å². The van der Waals surface area contributed by atoms with Crippen molar-refractivity contribution in [2.45, 2.75) is 99.5 Å². The summed E-state index contributed by atoms with van der Waals surface area (Å²) in [5.74, 6) is -6.33. The molecule has 0 aromatic carbocycles. The van der Waals surface area contributed by atoms with Crippen molar-refractivity contribution >= 4 is 43.1 Å². The number of hydrogen-bond donors (Lipinski definition) is 4. The number of nitrogens with zero attached hydrogens (tertiary/aromatic N) is 4. The van der Waals surface area contributed by atoms with Crippen LogP contribution >= 0.6 is 7.75 Å². The van der Waals surface area contributed by atoms with Crippen LogP contribution in [0.4, 0.5) is 10.6 Å². The summed E-state index contributed by atoms with van der Waals surface area (Å²) in [4.78, 5) is 54.9. The molecule has 3 rings (SSSR count). The lowest BCUT2D eigenvalue weighted by molar-refractivity contribution is -0.161. The molecule has 0 bridgehead atoms. The molecule has 1 saturated heterocycles. The second-order valence-electron chi connectivity index (χ2n) is 15.3. The fraction of sp³-hybridized carbons (Fsp3) is 0.676. The Labute approximate surface area is 313 Å². The third-order valence-electron chi connectivity index (χ3n) is 9.68. The van der Waals surface area contributed by atoms with Gasteiger partial charge in [-0.15, -0.1) is 0 Å². The zero-order valence-corrected chi connectivity index (χ0v) is 33.0. The van der Waals surface area contributed by atoms with Crippen LogP contribution in [0.15, 0.2) is 18.5 Å². The topological polar surface area (TPSA) is 273 Å². The lowest BCUT2D eigenvalue weighted by Crippen LogP contribution is -2.51. The Balaban J connectivity index is 2.13. The van der Waals surface area contributed by atoms with Gasteiger partial charge in [0.15, 0.2) is 5.82 Å². The van der Waals surface area contributed by atoms with Crippen LogP contribution in [-0.4, -0.2) is 87.1 Å². The maximum Gasteiger partial charge on any atom is 0.510 e. The van der Waals surface area contributed by atoms with E-state index in [1.165, 1.54) is 51.3 Å². The molecule has 20 heteroatoms. The summed E-state index contributed by atoms with van der Waals surface area (Å²) >= 11 is 0. The van der Waals surface area contributed by atoms with Gasteiger partial charge in [0.2, 0.25) is 12.4 Å². The number of aromatic nitrogens is 3. The monoisotopic (exact) mass is 782 g/mol. The van der Waals surface area contributed by atoms with E-state index in [4.69, 9.17) is 33.7 Å². The van der Waals surface area contributed by atoms with E-state index in [1.807, 2.05) is 20.8 Å². The second-order valence-corrected chi connectivity index (χ2v) is 17.1. The number of rotatable bonds is 18. The smallest absolute Gasteiger partial charge is 0.481 e. The molecule has 1 unspecified atom stereocenters. The Morgan fingerprint density at radius 1 is 1.07 bits per heavy atom. The minimum absolute atomic E-state index is 0.0168. The number of hydrogen-bond acceptors (Lipinski definition) is 15. The molecule has 2 aromatic heterocycles. The van der Waals surface area contributed by atoms with Gasteiger partial charge in [-0.25, -0.2) is 23.9 Å².